The van der Waals surface area contributed by atoms with E-state index in [9.17, 15) is 4.79 Å². The number of halogens is 1. The third kappa shape index (κ3) is 4.47. The van der Waals surface area contributed by atoms with E-state index >= 15 is 0 Å². The van der Waals surface area contributed by atoms with Gasteiger partial charge >= 0.3 is 0 Å². The molecule has 4 nitrogen and oxygen atoms in total. The van der Waals surface area contributed by atoms with Crippen molar-refractivity contribution < 1.29 is 4.79 Å². The number of nitrogens with one attached hydrogen (secondary N) is 2. The predicted molar refractivity (Wildman–Crippen MR) is 75.2 cm³/mol. The van der Waals surface area contributed by atoms with Gasteiger partial charge in [0.2, 0.25) is 5.91 Å². The molecule has 1 atom stereocenters. The van der Waals surface area contributed by atoms with Crippen LogP contribution in [0.15, 0.2) is 22.7 Å². The van der Waals surface area contributed by atoms with E-state index < -0.39 is 0 Å². The zero-order chi connectivity index (χ0) is 13.5. The van der Waals surface area contributed by atoms with E-state index in [1.54, 1.807) is 18.2 Å². The molecule has 0 radical (unpaired) electrons. The molecule has 0 aliphatic heterocycles. The Balaban J connectivity index is 2.70. The van der Waals surface area contributed by atoms with Gasteiger partial charge in [-0.25, -0.2) is 0 Å². The van der Waals surface area contributed by atoms with E-state index in [-0.39, 0.29) is 11.9 Å². The van der Waals surface area contributed by atoms with Crippen molar-refractivity contribution in [2.75, 3.05) is 11.9 Å². The molecule has 0 heterocycles. The molecule has 0 spiro atoms. The Bertz CT molecular complexity index is 468. The maximum Gasteiger partial charge on any atom is 0.225 e. The monoisotopic (exact) mass is 309 g/mol. The largest absolute Gasteiger partial charge is 0.325 e. The standard InChI is InChI=1S/C13H16BrN3O/c1-3-16-9(2)6-13(18)17-12-7-11(14)5-4-10(12)8-15/h4-5,7,9,16H,3,6H2,1-2H3,(H,17,18). The highest BCUT2D eigenvalue weighted by Gasteiger charge is 2.10. The van der Waals surface area contributed by atoms with E-state index in [0.29, 0.717) is 17.7 Å². The van der Waals surface area contributed by atoms with Crippen LogP contribution in [0.2, 0.25) is 0 Å². The highest BCUT2D eigenvalue weighted by molar-refractivity contribution is 9.10. The molecular formula is C13H16BrN3O. The van der Waals surface area contributed by atoms with Gasteiger partial charge in [-0.3, -0.25) is 4.79 Å². The fourth-order valence-electron chi connectivity index (χ4n) is 1.62. The smallest absolute Gasteiger partial charge is 0.225 e. The van der Waals surface area contributed by atoms with Crippen LogP contribution in [0.25, 0.3) is 0 Å². The third-order valence-corrected chi connectivity index (χ3v) is 2.91. The molecule has 0 bridgehead atoms. The number of hydrogen-bond acceptors (Lipinski definition) is 3. The van der Waals surface area contributed by atoms with Crippen molar-refractivity contribution in [2.45, 2.75) is 26.3 Å². The fraction of sp³-hybridized carbons (Fsp3) is 0.385. The van der Waals surface area contributed by atoms with E-state index in [2.05, 4.69) is 32.6 Å². The van der Waals surface area contributed by atoms with Crippen LogP contribution in [-0.4, -0.2) is 18.5 Å². The second kappa shape index (κ2) is 7.14. The number of nitrogens with zero attached hydrogens (tertiary/aromatic N) is 1. The minimum absolute atomic E-state index is 0.0990. The molecule has 0 aliphatic rings. The molecule has 1 aromatic carbocycles. The molecule has 96 valence electrons. The molecule has 5 heteroatoms. The molecule has 2 N–H and O–H groups in total. The van der Waals surface area contributed by atoms with Gasteiger partial charge in [0.15, 0.2) is 0 Å². The minimum atomic E-state index is -0.0990. The van der Waals surface area contributed by atoms with Crippen LogP contribution in [0, 0.1) is 11.3 Å². The Morgan fingerprint density at radius 2 is 2.28 bits per heavy atom. The molecule has 1 unspecified atom stereocenters. The predicted octanol–water partition coefficient (Wildman–Crippen LogP) is 2.65. The molecule has 0 saturated heterocycles. The van der Waals surface area contributed by atoms with Gasteiger partial charge in [0.1, 0.15) is 6.07 Å². The lowest BCUT2D eigenvalue weighted by atomic mass is 10.1. The Labute approximate surface area is 116 Å². The van der Waals surface area contributed by atoms with Crippen molar-refractivity contribution in [3.05, 3.63) is 28.2 Å². The maximum atomic E-state index is 11.8. The van der Waals surface area contributed by atoms with Gasteiger partial charge in [0.25, 0.3) is 0 Å². The van der Waals surface area contributed by atoms with E-state index in [1.807, 2.05) is 13.8 Å². The lowest BCUT2D eigenvalue weighted by Gasteiger charge is -2.12. The molecule has 18 heavy (non-hydrogen) atoms. The Morgan fingerprint density at radius 1 is 1.56 bits per heavy atom. The topological polar surface area (TPSA) is 64.9 Å². The first-order chi connectivity index (χ1) is 8.56. The summed E-state index contributed by atoms with van der Waals surface area (Å²) in [6.07, 6.45) is 0.380. The summed E-state index contributed by atoms with van der Waals surface area (Å²) in [7, 11) is 0. The summed E-state index contributed by atoms with van der Waals surface area (Å²) < 4.78 is 0.830. The van der Waals surface area contributed by atoms with Crippen molar-refractivity contribution >= 4 is 27.5 Å². The van der Waals surface area contributed by atoms with Gasteiger partial charge in [-0.05, 0) is 31.7 Å². The number of anilines is 1. The van der Waals surface area contributed by atoms with Crippen LogP contribution in [0.3, 0.4) is 0 Å². The van der Waals surface area contributed by atoms with Crippen molar-refractivity contribution in [1.29, 1.82) is 5.26 Å². The highest BCUT2D eigenvalue weighted by atomic mass is 79.9. The lowest BCUT2D eigenvalue weighted by molar-refractivity contribution is -0.116. The van der Waals surface area contributed by atoms with Crippen LogP contribution >= 0.6 is 15.9 Å². The number of nitriles is 1. The van der Waals surface area contributed by atoms with Crippen molar-refractivity contribution in [3.8, 4) is 6.07 Å². The Kier molecular flexibility index (Phi) is 5.83. The van der Waals surface area contributed by atoms with Crippen LogP contribution in [0.5, 0.6) is 0 Å². The minimum Gasteiger partial charge on any atom is -0.325 e. The van der Waals surface area contributed by atoms with Crippen molar-refractivity contribution in [2.24, 2.45) is 0 Å². The lowest BCUT2D eigenvalue weighted by Crippen LogP contribution is -2.30. The average Bonchev–Trinajstić information content (AvgIpc) is 2.29. The summed E-state index contributed by atoms with van der Waals surface area (Å²) in [5.74, 6) is -0.0990. The number of amides is 1. The van der Waals surface area contributed by atoms with E-state index in [4.69, 9.17) is 5.26 Å². The Morgan fingerprint density at radius 3 is 2.89 bits per heavy atom. The van der Waals surface area contributed by atoms with Gasteiger partial charge in [0, 0.05) is 16.9 Å². The summed E-state index contributed by atoms with van der Waals surface area (Å²) in [5.41, 5.74) is 1.00. The first-order valence-electron chi connectivity index (χ1n) is 5.79. The summed E-state index contributed by atoms with van der Waals surface area (Å²) in [5, 5.41) is 14.9. The average molecular weight is 310 g/mol. The van der Waals surface area contributed by atoms with Crippen LogP contribution in [0.4, 0.5) is 5.69 Å². The SMILES string of the molecule is CCNC(C)CC(=O)Nc1cc(Br)ccc1C#N. The second-order valence-electron chi connectivity index (χ2n) is 4.01. The molecule has 0 aromatic heterocycles. The van der Waals surface area contributed by atoms with Crippen molar-refractivity contribution in [3.63, 3.8) is 0 Å². The third-order valence-electron chi connectivity index (χ3n) is 2.42. The van der Waals surface area contributed by atoms with Gasteiger partial charge in [0.05, 0.1) is 11.3 Å². The molecule has 1 aromatic rings. The molecular weight excluding hydrogens is 294 g/mol. The maximum absolute atomic E-state index is 11.8. The summed E-state index contributed by atoms with van der Waals surface area (Å²) in [6.45, 7) is 4.78. The van der Waals surface area contributed by atoms with Crippen LogP contribution < -0.4 is 10.6 Å². The van der Waals surface area contributed by atoms with E-state index in [1.165, 1.54) is 0 Å². The normalized spacial score (nSPS) is 11.7. The van der Waals surface area contributed by atoms with E-state index in [0.717, 1.165) is 11.0 Å². The quantitative estimate of drug-likeness (QED) is 0.879. The number of carbonyl (C=O) groups is 1. The fourth-order valence-corrected chi connectivity index (χ4v) is 1.98. The molecule has 0 fully saturated rings. The number of rotatable bonds is 5. The first kappa shape index (κ1) is 14.7. The zero-order valence-electron chi connectivity index (χ0n) is 10.5. The number of benzene rings is 1. The molecule has 0 aliphatic carbocycles. The van der Waals surface area contributed by atoms with Gasteiger partial charge < -0.3 is 10.6 Å². The highest BCUT2D eigenvalue weighted by Crippen LogP contribution is 2.21. The molecule has 1 rings (SSSR count). The summed E-state index contributed by atoms with van der Waals surface area (Å²) in [6, 6.07) is 7.35. The molecule has 1 amide bonds. The first-order valence-corrected chi connectivity index (χ1v) is 6.59. The number of hydrogen-bond donors (Lipinski definition) is 2. The van der Waals surface area contributed by atoms with Crippen LogP contribution in [-0.2, 0) is 4.79 Å². The summed E-state index contributed by atoms with van der Waals surface area (Å²) >= 11 is 3.32. The van der Waals surface area contributed by atoms with Crippen LogP contribution in [0.1, 0.15) is 25.8 Å². The van der Waals surface area contributed by atoms with Gasteiger partial charge in [-0.2, -0.15) is 5.26 Å². The second-order valence-corrected chi connectivity index (χ2v) is 4.93. The Hall–Kier alpha value is -1.38. The molecule has 0 saturated carbocycles. The zero-order valence-corrected chi connectivity index (χ0v) is 12.0. The van der Waals surface area contributed by atoms with Crippen molar-refractivity contribution in [1.82, 2.24) is 5.32 Å². The van der Waals surface area contributed by atoms with Gasteiger partial charge in [-0.15, -0.1) is 0 Å². The summed E-state index contributed by atoms with van der Waals surface area (Å²) in [4.78, 5) is 11.8. The van der Waals surface area contributed by atoms with Gasteiger partial charge in [-0.1, -0.05) is 22.9 Å². The number of carbonyl (C=O) groups excluding carboxylic acids is 1.